The summed E-state index contributed by atoms with van der Waals surface area (Å²) in [5.74, 6) is -0.349. The maximum Gasteiger partial charge on any atom is 0.256 e. The van der Waals surface area contributed by atoms with Crippen LogP contribution in [0.4, 0.5) is 5.69 Å². The molecule has 0 spiro atoms. The number of likely N-dealkylation sites (N-methyl/N-ethyl adjacent to an activating group) is 1. The van der Waals surface area contributed by atoms with E-state index in [9.17, 15) is 9.59 Å². The second-order valence-electron chi connectivity index (χ2n) is 4.03. The molecule has 0 aliphatic rings. The Hall–Kier alpha value is -1.90. The van der Waals surface area contributed by atoms with Crippen molar-refractivity contribution in [2.75, 3.05) is 12.4 Å². The highest BCUT2D eigenvalue weighted by Crippen LogP contribution is 2.14. The predicted octanol–water partition coefficient (Wildman–Crippen LogP) is 1.49. The molecule has 6 nitrogen and oxygen atoms in total. The fourth-order valence-corrected chi connectivity index (χ4v) is 2.22. The molecule has 1 aromatic carbocycles. The Morgan fingerprint density at radius 3 is 2.80 bits per heavy atom. The SMILES string of the molecule is CNC(=O)Cn1cc(NC(=O)c2ccccc2I)cn1. The van der Waals surface area contributed by atoms with Crippen LogP contribution in [0.25, 0.3) is 0 Å². The molecular weight excluding hydrogens is 371 g/mol. The highest BCUT2D eigenvalue weighted by atomic mass is 127. The number of aromatic nitrogens is 2. The average molecular weight is 384 g/mol. The number of nitrogens with zero attached hydrogens (tertiary/aromatic N) is 2. The zero-order valence-corrected chi connectivity index (χ0v) is 12.9. The quantitative estimate of drug-likeness (QED) is 0.785. The molecule has 0 aliphatic carbocycles. The number of carbonyl (C=O) groups excluding carboxylic acids is 2. The Morgan fingerprint density at radius 1 is 1.35 bits per heavy atom. The minimum atomic E-state index is -0.200. The van der Waals surface area contributed by atoms with Gasteiger partial charge >= 0.3 is 0 Å². The van der Waals surface area contributed by atoms with Gasteiger partial charge in [-0.05, 0) is 34.7 Å². The Morgan fingerprint density at radius 2 is 2.10 bits per heavy atom. The second kappa shape index (κ2) is 6.51. The van der Waals surface area contributed by atoms with Gasteiger partial charge in [0.05, 0.1) is 17.4 Å². The maximum absolute atomic E-state index is 12.1. The highest BCUT2D eigenvalue weighted by Gasteiger charge is 2.10. The summed E-state index contributed by atoms with van der Waals surface area (Å²) in [5.41, 5.74) is 1.16. The molecule has 2 amide bonds. The third kappa shape index (κ3) is 3.56. The number of rotatable bonds is 4. The molecule has 0 unspecified atom stereocenters. The van der Waals surface area contributed by atoms with Crippen molar-refractivity contribution in [2.24, 2.45) is 0 Å². The summed E-state index contributed by atoms with van der Waals surface area (Å²) in [4.78, 5) is 23.3. The molecule has 0 saturated heterocycles. The van der Waals surface area contributed by atoms with Crippen molar-refractivity contribution in [3.8, 4) is 0 Å². The molecule has 2 aromatic rings. The first-order valence-corrected chi connectivity index (χ1v) is 6.97. The molecule has 0 aliphatic heterocycles. The van der Waals surface area contributed by atoms with Gasteiger partial charge in [-0.15, -0.1) is 0 Å². The molecule has 1 aromatic heterocycles. The lowest BCUT2D eigenvalue weighted by Crippen LogP contribution is -2.23. The first kappa shape index (κ1) is 14.5. The topological polar surface area (TPSA) is 76.0 Å². The van der Waals surface area contributed by atoms with Crippen LogP contribution in [0.1, 0.15) is 10.4 Å². The van der Waals surface area contributed by atoms with E-state index in [2.05, 4.69) is 38.3 Å². The van der Waals surface area contributed by atoms with Crippen LogP contribution in [-0.2, 0) is 11.3 Å². The molecule has 104 valence electrons. The summed E-state index contributed by atoms with van der Waals surface area (Å²) in [6.45, 7) is 0.120. The van der Waals surface area contributed by atoms with E-state index in [1.54, 1.807) is 19.3 Å². The lowest BCUT2D eigenvalue weighted by molar-refractivity contribution is -0.121. The summed E-state index contributed by atoms with van der Waals surface area (Å²) in [7, 11) is 1.56. The van der Waals surface area contributed by atoms with E-state index in [0.29, 0.717) is 11.3 Å². The van der Waals surface area contributed by atoms with E-state index in [1.807, 2.05) is 18.2 Å². The standard InChI is InChI=1S/C13H13IN4O2/c1-15-12(19)8-18-7-9(6-16-18)17-13(20)10-4-2-3-5-11(10)14/h2-7H,8H2,1H3,(H,15,19)(H,17,20). The molecule has 7 heteroatoms. The molecule has 0 bridgehead atoms. The molecule has 0 fully saturated rings. The fourth-order valence-electron chi connectivity index (χ4n) is 1.58. The van der Waals surface area contributed by atoms with Crippen molar-refractivity contribution in [2.45, 2.75) is 6.54 Å². The van der Waals surface area contributed by atoms with Crippen molar-refractivity contribution in [3.05, 3.63) is 45.8 Å². The Bertz CT molecular complexity index is 639. The second-order valence-corrected chi connectivity index (χ2v) is 5.20. The van der Waals surface area contributed by atoms with E-state index in [-0.39, 0.29) is 18.4 Å². The lowest BCUT2D eigenvalue weighted by atomic mass is 10.2. The molecular formula is C13H13IN4O2. The van der Waals surface area contributed by atoms with Gasteiger partial charge in [-0.1, -0.05) is 12.1 Å². The maximum atomic E-state index is 12.1. The van der Waals surface area contributed by atoms with E-state index in [4.69, 9.17) is 0 Å². The predicted molar refractivity (Wildman–Crippen MR) is 83.4 cm³/mol. The number of carbonyl (C=O) groups is 2. The number of halogens is 1. The summed E-state index contributed by atoms with van der Waals surface area (Å²) >= 11 is 2.11. The number of hydrogen-bond acceptors (Lipinski definition) is 3. The van der Waals surface area contributed by atoms with Gasteiger partial charge in [0.25, 0.3) is 5.91 Å². The van der Waals surface area contributed by atoms with Gasteiger partial charge in [0.1, 0.15) is 6.54 Å². The number of nitrogens with one attached hydrogen (secondary N) is 2. The van der Waals surface area contributed by atoms with Crippen LogP contribution in [0.3, 0.4) is 0 Å². The minimum Gasteiger partial charge on any atom is -0.358 e. The highest BCUT2D eigenvalue weighted by molar-refractivity contribution is 14.1. The van der Waals surface area contributed by atoms with Crippen LogP contribution in [0.5, 0.6) is 0 Å². The molecule has 20 heavy (non-hydrogen) atoms. The van der Waals surface area contributed by atoms with Gasteiger partial charge in [0.2, 0.25) is 5.91 Å². The minimum absolute atomic E-state index is 0.120. The van der Waals surface area contributed by atoms with Gasteiger partial charge in [0.15, 0.2) is 0 Å². The summed E-state index contributed by atoms with van der Waals surface area (Å²) in [6, 6.07) is 7.31. The van der Waals surface area contributed by atoms with Crippen LogP contribution in [0.15, 0.2) is 36.7 Å². The van der Waals surface area contributed by atoms with Crippen molar-refractivity contribution in [3.63, 3.8) is 0 Å². The number of benzene rings is 1. The smallest absolute Gasteiger partial charge is 0.256 e. The normalized spacial score (nSPS) is 10.1. The summed E-state index contributed by atoms with van der Waals surface area (Å²) in [5, 5.41) is 9.27. The first-order valence-electron chi connectivity index (χ1n) is 5.89. The van der Waals surface area contributed by atoms with Crippen LogP contribution in [0, 0.1) is 3.57 Å². The van der Waals surface area contributed by atoms with Gasteiger partial charge in [-0.3, -0.25) is 14.3 Å². The Balaban J connectivity index is 2.05. The largest absolute Gasteiger partial charge is 0.358 e. The number of hydrogen-bond donors (Lipinski definition) is 2. The third-order valence-corrected chi connectivity index (χ3v) is 3.53. The van der Waals surface area contributed by atoms with Gasteiger partial charge in [-0.25, -0.2) is 0 Å². The Labute approximate surface area is 129 Å². The molecule has 1 heterocycles. The molecule has 2 rings (SSSR count). The van der Waals surface area contributed by atoms with E-state index < -0.39 is 0 Å². The molecule has 0 atom stereocenters. The van der Waals surface area contributed by atoms with Gasteiger partial charge < -0.3 is 10.6 Å². The van der Waals surface area contributed by atoms with E-state index in [1.165, 1.54) is 10.9 Å². The van der Waals surface area contributed by atoms with Crippen LogP contribution in [0.2, 0.25) is 0 Å². The summed E-state index contributed by atoms with van der Waals surface area (Å²) in [6.07, 6.45) is 3.12. The van der Waals surface area contributed by atoms with Crippen molar-refractivity contribution in [1.29, 1.82) is 0 Å². The van der Waals surface area contributed by atoms with Gasteiger partial charge in [0, 0.05) is 16.8 Å². The number of amides is 2. The van der Waals surface area contributed by atoms with Crippen LogP contribution >= 0.6 is 22.6 Å². The molecule has 2 N–H and O–H groups in total. The van der Waals surface area contributed by atoms with Crippen LogP contribution in [-0.4, -0.2) is 28.6 Å². The fraction of sp³-hybridized carbons (Fsp3) is 0.154. The average Bonchev–Trinajstić information content (AvgIpc) is 2.86. The van der Waals surface area contributed by atoms with Crippen molar-refractivity contribution < 1.29 is 9.59 Å². The van der Waals surface area contributed by atoms with E-state index >= 15 is 0 Å². The number of anilines is 1. The monoisotopic (exact) mass is 384 g/mol. The van der Waals surface area contributed by atoms with E-state index in [0.717, 1.165) is 3.57 Å². The molecule has 0 saturated carbocycles. The Kier molecular flexibility index (Phi) is 4.72. The van der Waals surface area contributed by atoms with Crippen molar-refractivity contribution >= 4 is 40.1 Å². The van der Waals surface area contributed by atoms with Crippen molar-refractivity contribution in [1.82, 2.24) is 15.1 Å². The molecule has 0 radical (unpaired) electrons. The van der Waals surface area contributed by atoms with Gasteiger partial charge in [-0.2, -0.15) is 5.10 Å². The van der Waals surface area contributed by atoms with Crippen LogP contribution < -0.4 is 10.6 Å². The first-order chi connectivity index (χ1) is 9.60. The lowest BCUT2D eigenvalue weighted by Gasteiger charge is -2.04. The zero-order valence-electron chi connectivity index (χ0n) is 10.8. The zero-order chi connectivity index (χ0) is 14.5. The summed E-state index contributed by atoms with van der Waals surface area (Å²) < 4.78 is 2.34. The third-order valence-electron chi connectivity index (χ3n) is 2.59.